The van der Waals surface area contributed by atoms with E-state index in [-0.39, 0.29) is 0 Å². The van der Waals surface area contributed by atoms with E-state index in [2.05, 4.69) is 57.6 Å². The lowest BCUT2D eigenvalue weighted by Crippen LogP contribution is -2.25. The fourth-order valence-corrected chi connectivity index (χ4v) is 1.85. The van der Waals surface area contributed by atoms with E-state index in [9.17, 15) is 0 Å². The number of hydrogen-bond donors (Lipinski definition) is 0. The smallest absolute Gasteiger partial charge is 0.134 e. The molecule has 4 nitrogen and oxygen atoms in total. The average molecular weight is 297 g/mol. The Bertz CT molecular complexity index is 411. The predicted molar refractivity (Wildman–Crippen MR) is 71.9 cm³/mol. The standard InChI is InChI=1S/C12H17BrN4/c1-4-17(7-5-6-14)11-8-10(13)15-12(16-11)9(2)3/h8-9H,4-5,7H2,1-3H3. The summed E-state index contributed by atoms with van der Waals surface area (Å²) in [6.45, 7) is 7.73. The molecule has 0 aliphatic rings. The molecule has 0 atom stereocenters. The SMILES string of the molecule is CCN(CCC#N)c1cc(Br)nc(C(C)C)n1. The summed E-state index contributed by atoms with van der Waals surface area (Å²) in [6.07, 6.45) is 0.506. The quantitative estimate of drug-likeness (QED) is 0.784. The molecule has 0 spiro atoms. The van der Waals surface area contributed by atoms with Crippen molar-refractivity contribution in [3.05, 3.63) is 16.5 Å². The lowest BCUT2D eigenvalue weighted by Gasteiger charge is -2.21. The molecule has 92 valence electrons. The van der Waals surface area contributed by atoms with E-state index in [0.29, 0.717) is 18.9 Å². The number of rotatable bonds is 5. The van der Waals surface area contributed by atoms with Gasteiger partial charge in [-0.2, -0.15) is 5.26 Å². The Hall–Kier alpha value is -1.15. The molecule has 1 aromatic rings. The Morgan fingerprint density at radius 3 is 2.71 bits per heavy atom. The molecule has 17 heavy (non-hydrogen) atoms. The average Bonchev–Trinajstić information content (AvgIpc) is 2.29. The highest BCUT2D eigenvalue weighted by Gasteiger charge is 2.11. The van der Waals surface area contributed by atoms with Crippen LogP contribution in [0.25, 0.3) is 0 Å². The molecular formula is C12H17BrN4. The maximum absolute atomic E-state index is 8.64. The van der Waals surface area contributed by atoms with E-state index in [1.54, 1.807) is 0 Å². The first-order valence-electron chi connectivity index (χ1n) is 5.74. The molecule has 1 heterocycles. The van der Waals surface area contributed by atoms with Gasteiger partial charge in [0.2, 0.25) is 0 Å². The molecule has 0 amide bonds. The molecule has 0 radical (unpaired) electrons. The molecule has 0 saturated heterocycles. The molecule has 0 bridgehead atoms. The molecule has 0 aromatic carbocycles. The van der Waals surface area contributed by atoms with Gasteiger partial charge < -0.3 is 4.90 Å². The highest BCUT2D eigenvalue weighted by atomic mass is 79.9. The van der Waals surface area contributed by atoms with Crippen LogP contribution >= 0.6 is 15.9 Å². The number of nitrogens with zero attached hydrogens (tertiary/aromatic N) is 4. The molecule has 0 aliphatic heterocycles. The second-order valence-electron chi connectivity index (χ2n) is 4.05. The third-order valence-corrected chi connectivity index (χ3v) is 2.82. The number of halogens is 1. The van der Waals surface area contributed by atoms with Gasteiger partial charge in [0.1, 0.15) is 16.2 Å². The minimum Gasteiger partial charge on any atom is -0.356 e. The normalized spacial score (nSPS) is 10.4. The summed E-state index contributed by atoms with van der Waals surface area (Å²) < 4.78 is 0.793. The topological polar surface area (TPSA) is 52.8 Å². The van der Waals surface area contributed by atoms with E-state index in [1.807, 2.05) is 6.07 Å². The number of nitriles is 1. The fourth-order valence-electron chi connectivity index (χ4n) is 1.46. The summed E-state index contributed by atoms with van der Waals surface area (Å²) in [5.74, 6) is 2.00. The Morgan fingerprint density at radius 1 is 1.47 bits per heavy atom. The lowest BCUT2D eigenvalue weighted by atomic mass is 10.2. The molecule has 1 rings (SSSR count). The van der Waals surface area contributed by atoms with Crippen LogP contribution in [0.4, 0.5) is 5.82 Å². The third-order valence-electron chi connectivity index (χ3n) is 2.41. The van der Waals surface area contributed by atoms with Crippen molar-refractivity contribution < 1.29 is 0 Å². The van der Waals surface area contributed by atoms with Crippen LogP contribution in [0.2, 0.25) is 0 Å². The lowest BCUT2D eigenvalue weighted by molar-refractivity contribution is 0.744. The first kappa shape index (κ1) is 13.9. The second-order valence-corrected chi connectivity index (χ2v) is 4.86. The van der Waals surface area contributed by atoms with Gasteiger partial charge in [0, 0.05) is 25.1 Å². The van der Waals surface area contributed by atoms with Crippen molar-refractivity contribution in [2.45, 2.75) is 33.1 Å². The van der Waals surface area contributed by atoms with Gasteiger partial charge in [-0.3, -0.25) is 0 Å². The predicted octanol–water partition coefficient (Wildman–Crippen LogP) is 3.10. The highest BCUT2D eigenvalue weighted by Crippen LogP contribution is 2.20. The van der Waals surface area contributed by atoms with Crippen LogP contribution < -0.4 is 4.90 Å². The molecule has 0 saturated carbocycles. The van der Waals surface area contributed by atoms with Crippen molar-refractivity contribution in [1.29, 1.82) is 5.26 Å². The van der Waals surface area contributed by atoms with Crippen molar-refractivity contribution in [2.75, 3.05) is 18.0 Å². The number of hydrogen-bond acceptors (Lipinski definition) is 4. The zero-order valence-corrected chi connectivity index (χ0v) is 12.0. The summed E-state index contributed by atoms with van der Waals surface area (Å²) in [5.41, 5.74) is 0. The highest BCUT2D eigenvalue weighted by molar-refractivity contribution is 9.10. The van der Waals surface area contributed by atoms with Gasteiger partial charge in [0.05, 0.1) is 12.5 Å². The second kappa shape index (κ2) is 6.55. The van der Waals surface area contributed by atoms with Gasteiger partial charge >= 0.3 is 0 Å². The molecule has 0 aliphatic carbocycles. The molecule has 0 fully saturated rings. The Kier molecular flexibility index (Phi) is 5.36. The Morgan fingerprint density at radius 2 is 2.18 bits per heavy atom. The van der Waals surface area contributed by atoms with Gasteiger partial charge in [-0.05, 0) is 22.9 Å². The van der Waals surface area contributed by atoms with Gasteiger partial charge in [-0.1, -0.05) is 13.8 Å². The van der Waals surface area contributed by atoms with Crippen LogP contribution in [0.1, 0.15) is 38.9 Å². The maximum atomic E-state index is 8.64. The van der Waals surface area contributed by atoms with Crippen molar-refractivity contribution in [2.24, 2.45) is 0 Å². The molecular weight excluding hydrogens is 280 g/mol. The summed E-state index contributed by atoms with van der Waals surface area (Å²) >= 11 is 3.40. The van der Waals surface area contributed by atoms with Crippen molar-refractivity contribution >= 4 is 21.7 Å². The number of aromatic nitrogens is 2. The largest absolute Gasteiger partial charge is 0.356 e. The van der Waals surface area contributed by atoms with E-state index >= 15 is 0 Å². The maximum Gasteiger partial charge on any atom is 0.134 e. The molecule has 0 unspecified atom stereocenters. The van der Waals surface area contributed by atoms with Gasteiger partial charge in [0.15, 0.2) is 0 Å². The van der Waals surface area contributed by atoms with Crippen molar-refractivity contribution in [3.63, 3.8) is 0 Å². The van der Waals surface area contributed by atoms with Crippen molar-refractivity contribution in [3.8, 4) is 6.07 Å². The van der Waals surface area contributed by atoms with Gasteiger partial charge in [-0.15, -0.1) is 0 Å². The zero-order chi connectivity index (χ0) is 12.8. The van der Waals surface area contributed by atoms with Crippen LogP contribution in [0.5, 0.6) is 0 Å². The first-order valence-corrected chi connectivity index (χ1v) is 6.54. The minimum absolute atomic E-state index is 0.293. The Labute approximate surface area is 111 Å². The van der Waals surface area contributed by atoms with Crippen LogP contribution in [0.3, 0.4) is 0 Å². The first-order chi connectivity index (χ1) is 8.08. The summed E-state index contributed by atoms with van der Waals surface area (Å²) in [5, 5.41) is 8.64. The fraction of sp³-hybridized carbons (Fsp3) is 0.583. The molecule has 1 aromatic heterocycles. The van der Waals surface area contributed by atoms with Crippen LogP contribution in [-0.2, 0) is 0 Å². The summed E-state index contributed by atoms with van der Waals surface area (Å²) in [6, 6.07) is 4.05. The number of anilines is 1. The van der Waals surface area contributed by atoms with Crippen LogP contribution in [0, 0.1) is 11.3 Å². The Balaban J connectivity index is 2.98. The molecule has 5 heteroatoms. The van der Waals surface area contributed by atoms with Gasteiger partial charge in [-0.25, -0.2) is 9.97 Å². The van der Waals surface area contributed by atoms with Crippen LogP contribution in [0.15, 0.2) is 10.7 Å². The monoisotopic (exact) mass is 296 g/mol. The van der Waals surface area contributed by atoms with E-state index in [1.165, 1.54) is 0 Å². The summed E-state index contributed by atoms with van der Waals surface area (Å²) in [7, 11) is 0. The van der Waals surface area contributed by atoms with Crippen LogP contribution in [-0.4, -0.2) is 23.1 Å². The zero-order valence-electron chi connectivity index (χ0n) is 10.4. The van der Waals surface area contributed by atoms with E-state index in [4.69, 9.17) is 5.26 Å². The van der Waals surface area contributed by atoms with E-state index < -0.39 is 0 Å². The van der Waals surface area contributed by atoms with E-state index in [0.717, 1.165) is 22.8 Å². The minimum atomic E-state index is 0.293. The third kappa shape index (κ3) is 3.97. The van der Waals surface area contributed by atoms with Crippen molar-refractivity contribution in [1.82, 2.24) is 9.97 Å². The molecule has 0 N–H and O–H groups in total. The summed E-state index contributed by atoms with van der Waals surface area (Å²) in [4.78, 5) is 11.0. The van der Waals surface area contributed by atoms with Gasteiger partial charge in [0.25, 0.3) is 0 Å².